The van der Waals surface area contributed by atoms with Crippen molar-refractivity contribution in [2.24, 2.45) is 0 Å². The summed E-state index contributed by atoms with van der Waals surface area (Å²) in [7, 11) is 0. The summed E-state index contributed by atoms with van der Waals surface area (Å²) in [5.74, 6) is 0. The van der Waals surface area contributed by atoms with Gasteiger partial charge in [-0.25, -0.2) is 0 Å². The van der Waals surface area contributed by atoms with Gasteiger partial charge in [0.05, 0.1) is 0 Å². The molecule has 0 fully saturated rings. The van der Waals surface area contributed by atoms with Crippen molar-refractivity contribution >= 4 is 49.6 Å². The Morgan fingerprint density at radius 2 is 0.958 bits per heavy atom. The van der Waals surface area contributed by atoms with Gasteiger partial charge in [0, 0.05) is 13.1 Å². The van der Waals surface area contributed by atoms with Crippen LogP contribution in [0.2, 0.25) is 0 Å². The standard InChI is InChI=1S/C16H36N4.4ClH/c1-3-5-10-18-15-9-16-20-12-7-6-11-19-14-8-13-17-4-2;;;;/h6-7,17-20H,3-5,8-16H2,1-2H3;4*1H. The number of nitrogens with one attached hydrogen (secondary N) is 4. The fourth-order valence-electron chi connectivity index (χ4n) is 1.82. The van der Waals surface area contributed by atoms with E-state index in [1.54, 1.807) is 0 Å². The van der Waals surface area contributed by atoms with Gasteiger partial charge in [0.15, 0.2) is 0 Å². The van der Waals surface area contributed by atoms with Crippen LogP contribution in [0.1, 0.15) is 39.5 Å². The molecule has 0 aromatic heterocycles. The highest BCUT2D eigenvalue weighted by Crippen LogP contribution is 1.82. The van der Waals surface area contributed by atoms with Crippen LogP contribution in [0, 0.1) is 0 Å². The van der Waals surface area contributed by atoms with Crippen molar-refractivity contribution in [3.05, 3.63) is 12.2 Å². The molecule has 0 rings (SSSR count). The van der Waals surface area contributed by atoms with Gasteiger partial charge in [-0.15, -0.1) is 49.6 Å². The Labute approximate surface area is 174 Å². The number of hydrogen-bond acceptors (Lipinski definition) is 4. The first kappa shape index (κ1) is 35.8. The van der Waals surface area contributed by atoms with Crippen LogP contribution in [0.4, 0.5) is 0 Å². The Morgan fingerprint density at radius 1 is 0.542 bits per heavy atom. The molecule has 24 heavy (non-hydrogen) atoms. The molecule has 8 heteroatoms. The minimum absolute atomic E-state index is 0. The SMILES string of the molecule is CCCCNCCCNCC=CCNCCCNCC.Cl.Cl.Cl.Cl. The van der Waals surface area contributed by atoms with Crippen LogP contribution in [0.25, 0.3) is 0 Å². The second-order valence-corrected chi connectivity index (χ2v) is 5.04. The Morgan fingerprint density at radius 3 is 1.42 bits per heavy atom. The molecule has 4 N–H and O–H groups in total. The van der Waals surface area contributed by atoms with Crippen LogP contribution in [0.5, 0.6) is 0 Å². The van der Waals surface area contributed by atoms with Crippen molar-refractivity contribution in [1.29, 1.82) is 0 Å². The van der Waals surface area contributed by atoms with E-state index < -0.39 is 0 Å². The lowest BCUT2D eigenvalue weighted by atomic mass is 10.3. The molecule has 0 heterocycles. The Balaban J connectivity index is -0.000000301. The molecule has 0 saturated heterocycles. The van der Waals surface area contributed by atoms with Crippen LogP contribution in [-0.4, -0.2) is 52.4 Å². The zero-order valence-corrected chi connectivity index (χ0v) is 18.5. The summed E-state index contributed by atoms with van der Waals surface area (Å²) in [6.45, 7) is 13.0. The summed E-state index contributed by atoms with van der Waals surface area (Å²) in [5.41, 5.74) is 0. The minimum Gasteiger partial charge on any atom is -0.317 e. The smallest absolute Gasteiger partial charge is 0.0135 e. The van der Waals surface area contributed by atoms with Gasteiger partial charge >= 0.3 is 0 Å². The number of hydrogen-bond donors (Lipinski definition) is 4. The van der Waals surface area contributed by atoms with Crippen molar-refractivity contribution in [3.63, 3.8) is 0 Å². The second kappa shape index (κ2) is 35.0. The van der Waals surface area contributed by atoms with E-state index in [1.807, 2.05) is 0 Å². The molecule has 152 valence electrons. The molecule has 0 radical (unpaired) electrons. The number of unbranched alkanes of at least 4 members (excludes halogenated alkanes) is 1. The third-order valence-corrected chi connectivity index (χ3v) is 3.06. The first-order chi connectivity index (χ1) is 9.91. The fraction of sp³-hybridized carbons (Fsp3) is 0.875. The molecule has 0 saturated carbocycles. The molecule has 0 aliphatic carbocycles. The third kappa shape index (κ3) is 34.2. The highest BCUT2D eigenvalue weighted by molar-refractivity contribution is 5.86. The predicted octanol–water partition coefficient (Wildman–Crippen LogP) is 3.19. The Hall–Kier alpha value is 0.740. The van der Waals surface area contributed by atoms with E-state index in [2.05, 4.69) is 47.3 Å². The van der Waals surface area contributed by atoms with Gasteiger partial charge in [0.2, 0.25) is 0 Å². The normalized spacial score (nSPS) is 9.58. The first-order valence-corrected chi connectivity index (χ1v) is 8.39. The maximum absolute atomic E-state index is 3.45. The zero-order chi connectivity index (χ0) is 14.7. The van der Waals surface area contributed by atoms with Crippen LogP contribution in [-0.2, 0) is 0 Å². The monoisotopic (exact) mass is 428 g/mol. The van der Waals surface area contributed by atoms with E-state index in [1.165, 1.54) is 25.7 Å². The molecule has 4 nitrogen and oxygen atoms in total. The van der Waals surface area contributed by atoms with E-state index in [-0.39, 0.29) is 49.6 Å². The van der Waals surface area contributed by atoms with Gasteiger partial charge in [-0.2, -0.15) is 0 Å². The lowest BCUT2D eigenvalue weighted by Gasteiger charge is -2.04. The Kier molecular flexibility index (Phi) is 52.1. The average molecular weight is 430 g/mol. The van der Waals surface area contributed by atoms with E-state index in [9.17, 15) is 0 Å². The van der Waals surface area contributed by atoms with Crippen molar-refractivity contribution in [2.75, 3.05) is 52.4 Å². The van der Waals surface area contributed by atoms with Gasteiger partial charge in [0.1, 0.15) is 0 Å². The van der Waals surface area contributed by atoms with Gasteiger partial charge in [-0.1, -0.05) is 32.4 Å². The maximum atomic E-state index is 3.45. The van der Waals surface area contributed by atoms with Crippen molar-refractivity contribution in [3.8, 4) is 0 Å². The van der Waals surface area contributed by atoms with Crippen molar-refractivity contribution in [1.82, 2.24) is 21.3 Å². The Bertz CT molecular complexity index is 211. The van der Waals surface area contributed by atoms with Gasteiger partial charge in [-0.3, -0.25) is 0 Å². The summed E-state index contributed by atoms with van der Waals surface area (Å²) < 4.78 is 0. The predicted molar refractivity (Wildman–Crippen MR) is 119 cm³/mol. The molecule has 0 amide bonds. The van der Waals surface area contributed by atoms with Crippen LogP contribution in [0.15, 0.2) is 12.2 Å². The van der Waals surface area contributed by atoms with Crippen LogP contribution in [0.3, 0.4) is 0 Å². The summed E-state index contributed by atoms with van der Waals surface area (Å²) in [6, 6.07) is 0. The molecule has 0 aliphatic rings. The molecular formula is C16H40Cl4N4. The van der Waals surface area contributed by atoms with Gasteiger partial charge in [0.25, 0.3) is 0 Å². The van der Waals surface area contributed by atoms with Crippen molar-refractivity contribution in [2.45, 2.75) is 39.5 Å². The van der Waals surface area contributed by atoms with Gasteiger partial charge < -0.3 is 21.3 Å². The fourth-order valence-corrected chi connectivity index (χ4v) is 1.82. The molecule has 0 atom stereocenters. The molecular weight excluding hydrogens is 390 g/mol. The quantitative estimate of drug-likeness (QED) is 0.225. The largest absolute Gasteiger partial charge is 0.317 e. The molecule has 0 unspecified atom stereocenters. The number of rotatable bonds is 16. The summed E-state index contributed by atoms with van der Waals surface area (Å²) >= 11 is 0. The average Bonchev–Trinajstić information content (AvgIpc) is 2.47. The van der Waals surface area contributed by atoms with Crippen molar-refractivity contribution < 1.29 is 0 Å². The minimum atomic E-state index is 0. The lowest BCUT2D eigenvalue weighted by molar-refractivity contribution is 0.594. The topological polar surface area (TPSA) is 48.1 Å². The summed E-state index contributed by atoms with van der Waals surface area (Å²) in [5, 5.41) is 13.6. The second-order valence-electron chi connectivity index (χ2n) is 5.04. The lowest BCUT2D eigenvalue weighted by Crippen LogP contribution is -2.23. The molecule has 0 aliphatic heterocycles. The van der Waals surface area contributed by atoms with E-state index in [0.29, 0.717) is 0 Å². The molecule has 0 aromatic rings. The number of halogens is 4. The van der Waals surface area contributed by atoms with Crippen LogP contribution < -0.4 is 21.3 Å². The van der Waals surface area contributed by atoms with E-state index in [4.69, 9.17) is 0 Å². The maximum Gasteiger partial charge on any atom is 0.0135 e. The highest BCUT2D eigenvalue weighted by Gasteiger charge is 1.88. The summed E-state index contributed by atoms with van der Waals surface area (Å²) in [4.78, 5) is 0. The van der Waals surface area contributed by atoms with E-state index >= 15 is 0 Å². The van der Waals surface area contributed by atoms with E-state index in [0.717, 1.165) is 52.4 Å². The molecule has 0 spiro atoms. The van der Waals surface area contributed by atoms with Gasteiger partial charge in [-0.05, 0) is 58.5 Å². The third-order valence-electron chi connectivity index (χ3n) is 3.06. The molecule has 0 bridgehead atoms. The zero-order valence-electron chi connectivity index (χ0n) is 15.3. The first-order valence-electron chi connectivity index (χ1n) is 8.39. The summed E-state index contributed by atoms with van der Waals surface area (Å²) in [6.07, 6.45) is 9.39. The highest BCUT2D eigenvalue weighted by atomic mass is 35.5. The molecule has 0 aromatic carbocycles. The van der Waals surface area contributed by atoms with Crippen LogP contribution >= 0.6 is 49.6 Å².